The van der Waals surface area contributed by atoms with Gasteiger partial charge in [-0.2, -0.15) is 0 Å². The molecule has 1 aromatic heterocycles. The van der Waals surface area contributed by atoms with Gasteiger partial charge in [0.2, 0.25) is 11.7 Å². The number of carbonyl (C=O) groups excluding carboxylic acids is 2. The highest BCUT2D eigenvalue weighted by Gasteiger charge is 2.41. The van der Waals surface area contributed by atoms with Crippen molar-refractivity contribution in [1.29, 1.82) is 0 Å². The van der Waals surface area contributed by atoms with Gasteiger partial charge in [0.05, 0.1) is 32.8 Å². The van der Waals surface area contributed by atoms with Crippen LogP contribution in [0.2, 0.25) is 0 Å². The summed E-state index contributed by atoms with van der Waals surface area (Å²) in [6.07, 6.45) is 0.615. The van der Waals surface area contributed by atoms with Crippen LogP contribution in [0.3, 0.4) is 0 Å². The van der Waals surface area contributed by atoms with E-state index in [4.69, 9.17) is 9.15 Å². The number of nitrogens with zero attached hydrogens (tertiary/aromatic N) is 1. The van der Waals surface area contributed by atoms with E-state index in [-0.39, 0.29) is 23.4 Å². The molecule has 0 saturated heterocycles. The first-order chi connectivity index (χ1) is 16.9. The van der Waals surface area contributed by atoms with Crippen molar-refractivity contribution in [2.24, 2.45) is 0 Å². The van der Waals surface area contributed by atoms with E-state index in [0.717, 1.165) is 19.6 Å². The number of quaternary nitrogens is 1. The molecule has 1 aliphatic heterocycles. The van der Waals surface area contributed by atoms with Gasteiger partial charge in [-0.3, -0.25) is 9.59 Å². The number of halogens is 1. The minimum absolute atomic E-state index is 0.101. The highest BCUT2D eigenvalue weighted by Crippen LogP contribution is 2.40. The molecule has 1 atom stereocenters. The number of furan rings is 1. The molecule has 0 fully saturated rings. The molecule has 7 nitrogen and oxygen atoms in total. The first kappa shape index (κ1) is 24.5. The van der Waals surface area contributed by atoms with Gasteiger partial charge in [-0.05, 0) is 37.8 Å². The zero-order valence-corrected chi connectivity index (χ0v) is 20.1. The second-order valence-electron chi connectivity index (χ2n) is 8.54. The Hall–Kier alpha value is -3.65. The largest absolute Gasteiger partial charge is 0.868 e. The lowest BCUT2D eigenvalue weighted by molar-refractivity contribution is -0.896. The van der Waals surface area contributed by atoms with Crippen LogP contribution in [-0.2, 0) is 4.79 Å². The Bertz CT molecular complexity index is 1280. The summed E-state index contributed by atoms with van der Waals surface area (Å²) in [7, 11) is 1.48. The number of amides is 1. The number of hydrogen-bond acceptors (Lipinski definition) is 5. The quantitative estimate of drug-likeness (QED) is 0.450. The van der Waals surface area contributed by atoms with Gasteiger partial charge in [-0.25, -0.2) is 4.39 Å². The molecular weight excluding hydrogens is 451 g/mol. The third kappa shape index (κ3) is 4.53. The number of fused-ring (bicyclic) bond motifs is 1. The van der Waals surface area contributed by atoms with Crippen LogP contribution in [0.4, 0.5) is 4.39 Å². The van der Waals surface area contributed by atoms with Crippen LogP contribution in [0.5, 0.6) is 5.75 Å². The molecule has 1 unspecified atom stereocenters. The number of methoxy groups -OCH3 is 1. The van der Waals surface area contributed by atoms with E-state index < -0.39 is 29.3 Å². The molecule has 0 bridgehead atoms. The van der Waals surface area contributed by atoms with Gasteiger partial charge in [0.15, 0.2) is 17.1 Å². The number of nitrogens with one attached hydrogen (secondary N) is 1. The van der Waals surface area contributed by atoms with E-state index in [1.54, 1.807) is 24.3 Å². The zero-order chi connectivity index (χ0) is 25.1. The van der Waals surface area contributed by atoms with Crippen LogP contribution in [0, 0.1) is 5.82 Å². The predicted octanol–water partition coefficient (Wildman–Crippen LogP) is 2.28. The molecule has 1 amide bonds. The normalized spacial score (nSPS) is 16.1. The van der Waals surface area contributed by atoms with Crippen molar-refractivity contribution in [2.75, 3.05) is 33.3 Å². The van der Waals surface area contributed by atoms with Gasteiger partial charge >= 0.3 is 0 Å². The third-order valence-corrected chi connectivity index (χ3v) is 6.61. The average molecular weight is 481 g/mol. The second-order valence-corrected chi connectivity index (χ2v) is 8.54. The molecule has 184 valence electrons. The minimum Gasteiger partial charge on any atom is -0.868 e. The molecule has 0 radical (unpaired) electrons. The summed E-state index contributed by atoms with van der Waals surface area (Å²) in [5.41, 5.74) is 0.171. The fourth-order valence-corrected chi connectivity index (χ4v) is 4.67. The Morgan fingerprint density at radius 3 is 2.60 bits per heavy atom. The van der Waals surface area contributed by atoms with Gasteiger partial charge in [0, 0.05) is 29.5 Å². The minimum atomic E-state index is -1.12. The van der Waals surface area contributed by atoms with Crippen LogP contribution in [0.25, 0.3) is 11.0 Å². The van der Waals surface area contributed by atoms with Gasteiger partial charge in [-0.1, -0.05) is 30.3 Å². The Kier molecular flexibility index (Phi) is 7.21. The molecular formula is C27H29FN2O5. The summed E-state index contributed by atoms with van der Waals surface area (Å²) in [6, 6.07) is 11.5. The number of ketones is 1. The van der Waals surface area contributed by atoms with Crippen molar-refractivity contribution in [1.82, 2.24) is 4.90 Å². The van der Waals surface area contributed by atoms with Crippen molar-refractivity contribution in [3.63, 3.8) is 0 Å². The summed E-state index contributed by atoms with van der Waals surface area (Å²) in [6.45, 7) is 7.06. The lowest BCUT2D eigenvalue weighted by Crippen LogP contribution is -3.11. The van der Waals surface area contributed by atoms with Crippen LogP contribution in [-0.4, -0.2) is 49.9 Å². The van der Waals surface area contributed by atoms with E-state index in [9.17, 15) is 19.1 Å². The predicted molar refractivity (Wildman–Crippen MR) is 127 cm³/mol. The van der Waals surface area contributed by atoms with Crippen molar-refractivity contribution in [3.05, 3.63) is 77.0 Å². The zero-order valence-electron chi connectivity index (χ0n) is 20.1. The lowest BCUT2D eigenvalue weighted by Gasteiger charge is -2.28. The summed E-state index contributed by atoms with van der Waals surface area (Å²) >= 11 is 0. The number of para-hydroxylation sites is 1. The smallest absolute Gasteiger partial charge is 0.239 e. The Balaban J connectivity index is 1.73. The second kappa shape index (κ2) is 10.3. The summed E-state index contributed by atoms with van der Waals surface area (Å²) < 4.78 is 26.0. The fourth-order valence-electron chi connectivity index (χ4n) is 4.67. The van der Waals surface area contributed by atoms with E-state index in [1.807, 2.05) is 0 Å². The number of carbonyl (C=O) groups is 2. The summed E-state index contributed by atoms with van der Waals surface area (Å²) in [4.78, 5) is 29.3. The summed E-state index contributed by atoms with van der Waals surface area (Å²) in [5.74, 6) is -2.71. The maximum atomic E-state index is 14.9. The standard InChI is InChI=1S/C27H29FN2O5/c1-4-29(5-2)14-9-15-30-23(18-11-6-7-12-19(18)28)22(25(32)27(30)33)24(31)21-16-17-10-8-13-20(34-3)26(17)35-21/h6-8,10-13,16,23,32H,4-5,9,14-15H2,1-3H3. The molecule has 35 heavy (non-hydrogen) atoms. The first-order valence-electron chi connectivity index (χ1n) is 11.8. The number of ether oxygens (including phenoxy) is 1. The molecule has 2 aromatic carbocycles. The molecule has 8 heteroatoms. The number of Topliss-reactive ketones (excluding diaryl/α,β-unsaturated/α-hetero) is 1. The molecule has 0 spiro atoms. The molecule has 4 rings (SSSR count). The van der Waals surface area contributed by atoms with E-state index >= 15 is 0 Å². The topological polar surface area (TPSA) is 87.2 Å². The van der Waals surface area contributed by atoms with Gasteiger partial charge in [0.1, 0.15) is 5.82 Å². The van der Waals surface area contributed by atoms with Crippen molar-refractivity contribution >= 4 is 22.7 Å². The maximum Gasteiger partial charge on any atom is 0.239 e. The monoisotopic (exact) mass is 480 g/mol. The van der Waals surface area contributed by atoms with E-state index in [0.29, 0.717) is 23.1 Å². The number of benzene rings is 2. The van der Waals surface area contributed by atoms with E-state index in [2.05, 4.69) is 13.8 Å². The molecule has 1 N–H and O–H groups in total. The molecule has 3 aromatic rings. The van der Waals surface area contributed by atoms with Gasteiger partial charge in [0.25, 0.3) is 0 Å². The van der Waals surface area contributed by atoms with Crippen molar-refractivity contribution < 1.29 is 33.1 Å². The molecule has 1 aliphatic rings. The first-order valence-corrected chi connectivity index (χ1v) is 11.8. The van der Waals surface area contributed by atoms with Crippen LogP contribution in [0.1, 0.15) is 42.4 Å². The highest BCUT2D eigenvalue weighted by atomic mass is 19.1. The maximum absolute atomic E-state index is 14.9. The number of hydrogen-bond donors (Lipinski definition) is 1. The van der Waals surface area contributed by atoms with Crippen molar-refractivity contribution in [3.8, 4) is 5.75 Å². The molecule has 2 heterocycles. The van der Waals surface area contributed by atoms with Gasteiger partial charge < -0.3 is 24.1 Å². The van der Waals surface area contributed by atoms with E-state index in [1.165, 1.54) is 41.2 Å². The number of rotatable bonds is 10. The summed E-state index contributed by atoms with van der Waals surface area (Å²) in [5, 5.41) is 13.7. The SMILES string of the molecule is CC[NH+](CC)CCCN1C(=O)C([O-])=C(C(=O)c2cc3cccc(OC)c3o2)C1c1ccccc1F. The molecule has 0 aliphatic carbocycles. The Labute approximate surface area is 203 Å². The average Bonchev–Trinajstić information content (AvgIpc) is 3.41. The Morgan fingerprint density at radius 1 is 1.17 bits per heavy atom. The van der Waals surface area contributed by atoms with Gasteiger partial charge in [-0.15, -0.1) is 0 Å². The molecule has 0 saturated carbocycles. The van der Waals surface area contributed by atoms with Crippen LogP contribution in [0.15, 0.2) is 64.3 Å². The highest BCUT2D eigenvalue weighted by molar-refractivity contribution is 6.16. The third-order valence-electron chi connectivity index (χ3n) is 6.61. The Morgan fingerprint density at radius 2 is 1.91 bits per heavy atom. The van der Waals surface area contributed by atoms with Crippen molar-refractivity contribution in [2.45, 2.75) is 26.3 Å². The lowest BCUT2D eigenvalue weighted by atomic mass is 9.94. The van der Waals surface area contributed by atoms with Crippen LogP contribution >= 0.6 is 0 Å². The van der Waals surface area contributed by atoms with Crippen LogP contribution < -0.4 is 14.7 Å². The fraction of sp³-hybridized carbons (Fsp3) is 0.333.